The lowest BCUT2D eigenvalue weighted by molar-refractivity contribution is 0.0765. The second-order valence-electron chi connectivity index (χ2n) is 6.33. The van der Waals surface area contributed by atoms with Gasteiger partial charge in [-0.15, -0.1) is 0 Å². The first-order valence-corrected chi connectivity index (χ1v) is 8.73. The molecular formula is C18H18N8O. The SMILES string of the molecule is Cc1c(C(=O)N2CCCN(c3nccnc3C#N)CC2)cnc2ccnn12. The third kappa shape index (κ3) is 3.06. The summed E-state index contributed by atoms with van der Waals surface area (Å²) in [5.41, 5.74) is 2.35. The second-order valence-corrected chi connectivity index (χ2v) is 6.33. The van der Waals surface area contributed by atoms with Crippen molar-refractivity contribution in [3.63, 3.8) is 0 Å². The van der Waals surface area contributed by atoms with Gasteiger partial charge in [-0.3, -0.25) is 4.79 Å². The Kier molecular flexibility index (Phi) is 4.38. The first-order valence-electron chi connectivity index (χ1n) is 8.73. The molecule has 4 rings (SSSR count). The Hall–Kier alpha value is -3.54. The van der Waals surface area contributed by atoms with Crippen molar-refractivity contribution in [3.05, 3.63) is 47.8 Å². The number of amides is 1. The predicted molar refractivity (Wildman–Crippen MR) is 97.2 cm³/mol. The number of aryl methyl sites for hydroxylation is 1. The van der Waals surface area contributed by atoms with Crippen LogP contribution in [0.5, 0.6) is 0 Å². The number of hydrogen-bond acceptors (Lipinski definition) is 7. The summed E-state index contributed by atoms with van der Waals surface area (Å²) in [6.07, 6.45) is 7.16. The second kappa shape index (κ2) is 6.99. The zero-order valence-electron chi connectivity index (χ0n) is 14.9. The monoisotopic (exact) mass is 362 g/mol. The number of hydrogen-bond donors (Lipinski definition) is 0. The van der Waals surface area contributed by atoms with E-state index in [0.29, 0.717) is 43.3 Å². The van der Waals surface area contributed by atoms with Crippen LogP contribution in [0.3, 0.4) is 0 Å². The van der Waals surface area contributed by atoms with E-state index in [-0.39, 0.29) is 5.91 Å². The molecule has 0 atom stereocenters. The number of carbonyl (C=O) groups excluding carboxylic acids is 1. The van der Waals surface area contributed by atoms with Crippen LogP contribution in [0.2, 0.25) is 0 Å². The number of nitriles is 1. The molecular weight excluding hydrogens is 344 g/mol. The Morgan fingerprint density at radius 1 is 1.11 bits per heavy atom. The minimum Gasteiger partial charge on any atom is -0.352 e. The van der Waals surface area contributed by atoms with E-state index in [4.69, 9.17) is 0 Å². The summed E-state index contributed by atoms with van der Waals surface area (Å²) in [5.74, 6) is 0.518. The molecule has 4 heterocycles. The molecule has 3 aromatic rings. The molecule has 1 aliphatic heterocycles. The fourth-order valence-electron chi connectivity index (χ4n) is 3.34. The van der Waals surface area contributed by atoms with Crippen molar-refractivity contribution < 1.29 is 4.79 Å². The van der Waals surface area contributed by atoms with Crippen LogP contribution < -0.4 is 4.90 Å². The smallest absolute Gasteiger partial charge is 0.257 e. The molecule has 27 heavy (non-hydrogen) atoms. The number of nitrogens with zero attached hydrogens (tertiary/aromatic N) is 8. The molecule has 0 spiro atoms. The molecule has 1 aliphatic rings. The molecule has 0 saturated carbocycles. The lowest BCUT2D eigenvalue weighted by atomic mass is 10.2. The van der Waals surface area contributed by atoms with Crippen LogP contribution in [0.1, 0.15) is 28.2 Å². The first-order chi connectivity index (χ1) is 13.2. The van der Waals surface area contributed by atoms with Gasteiger partial charge >= 0.3 is 0 Å². The fraction of sp³-hybridized carbons (Fsp3) is 0.333. The van der Waals surface area contributed by atoms with Crippen LogP contribution in [-0.4, -0.2) is 61.6 Å². The molecule has 0 radical (unpaired) electrons. The Morgan fingerprint density at radius 2 is 1.96 bits per heavy atom. The van der Waals surface area contributed by atoms with Crippen molar-refractivity contribution >= 4 is 17.4 Å². The van der Waals surface area contributed by atoms with Gasteiger partial charge in [0, 0.05) is 50.8 Å². The number of aromatic nitrogens is 5. The Morgan fingerprint density at radius 3 is 2.81 bits per heavy atom. The van der Waals surface area contributed by atoms with E-state index in [9.17, 15) is 10.1 Å². The number of rotatable bonds is 2. The average Bonchev–Trinajstić information content (AvgIpc) is 3.05. The zero-order chi connectivity index (χ0) is 18.8. The Bertz CT molecular complexity index is 1040. The van der Waals surface area contributed by atoms with Crippen LogP contribution in [0, 0.1) is 18.3 Å². The summed E-state index contributed by atoms with van der Waals surface area (Å²) in [4.78, 5) is 29.6. The minimum absolute atomic E-state index is 0.0566. The fourth-order valence-corrected chi connectivity index (χ4v) is 3.34. The summed E-state index contributed by atoms with van der Waals surface area (Å²) < 4.78 is 1.68. The largest absolute Gasteiger partial charge is 0.352 e. The van der Waals surface area contributed by atoms with E-state index >= 15 is 0 Å². The predicted octanol–water partition coefficient (Wildman–Crippen LogP) is 1.05. The normalized spacial score (nSPS) is 14.8. The van der Waals surface area contributed by atoms with Crippen molar-refractivity contribution in [1.29, 1.82) is 5.26 Å². The highest BCUT2D eigenvalue weighted by Crippen LogP contribution is 2.18. The van der Waals surface area contributed by atoms with Gasteiger partial charge in [0.25, 0.3) is 5.91 Å². The molecule has 0 N–H and O–H groups in total. The highest BCUT2D eigenvalue weighted by atomic mass is 16.2. The lowest BCUT2D eigenvalue weighted by Gasteiger charge is -2.23. The molecule has 1 fully saturated rings. The van der Waals surface area contributed by atoms with Crippen molar-refractivity contribution in [2.24, 2.45) is 0 Å². The Labute approximate surface area is 155 Å². The standard InChI is InChI=1S/C18H18N8O/c1-13-14(12-22-16-3-4-23-26(13)16)18(27)25-8-2-7-24(9-10-25)17-15(11-19)20-5-6-21-17/h3-6,12H,2,7-10H2,1H3. The minimum atomic E-state index is -0.0566. The van der Waals surface area contributed by atoms with Gasteiger partial charge in [-0.25, -0.2) is 19.5 Å². The summed E-state index contributed by atoms with van der Waals surface area (Å²) in [7, 11) is 0. The zero-order valence-corrected chi connectivity index (χ0v) is 14.9. The summed E-state index contributed by atoms with van der Waals surface area (Å²) in [5, 5.41) is 13.5. The van der Waals surface area contributed by atoms with E-state index in [1.807, 2.05) is 16.7 Å². The quantitative estimate of drug-likeness (QED) is 0.671. The van der Waals surface area contributed by atoms with Gasteiger partial charge in [-0.05, 0) is 13.3 Å². The van der Waals surface area contributed by atoms with Crippen LogP contribution in [0.15, 0.2) is 30.9 Å². The van der Waals surface area contributed by atoms with E-state index < -0.39 is 0 Å². The van der Waals surface area contributed by atoms with E-state index in [0.717, 1.165) is 17.8 Å². The van der Waals surface area contributed by atoms with Crippen LogP contribution >= 0.6 is 0 Å². The summed E-state index contributed by atoms with van der Waals surface area (Å²) in [6, 6.07) is 3.89. The maximum atomic E-state index is 13.1. The third-order valence-electron chi connectivity index (χ3n) is 4.75. The highest BCUT2D eigenvalue weighted by Gasteiger charge is 2.24. The van der Waals surface area contributed by atoms with Gasteiger partial charge in [0.2, 0.25) is 0 Å². The average molecular weight is 362 g/mol. The van der Waals surface area contributed by atoms with Gasteiger partial charge in [0.05, 0.1) is 17.5 Å². The summed E-state index contributed by atoms with van der Waals surface area (Å²) >= 11 is 0. The molecule has 136 valence electrons. The molecule has 0 unspecified atom stereocenters. The van der Waals surface area contributed by atoms with Crippen molar-refractivity contribution in [3.8, 4) is 6.07 Å². The van der Waals surface area contributed by atoms with E-state index in [1.54, 1.807) is 29.2 Å². The van der Waals surface area contributed by atoms with Gasteiger partial charge in [-0.2, -0.15) is 10.4 Å². The van der Waals surface area contributed by atoms with Crippen LogP contribution in [0.4, 0.5) is 5.82 Å². The molecule has 9 heteroatoms. The molecule has 0 bridgehead atoms. The molecule has 3 aromatic heterocycles. The molecule has 0 aromatic carbocycles. The van der Waals surface area contributed by atoms with Gasteiger partial charge < -0.3 is 9.80 Å². The maximum absolute atomic E-state index is 13.1. The number of anilines is 1. The molecule has 1 amide bonds. The van der Waals surface area contributed by atoms with Crippen LogP contribution in [-0.2, 0) is 0 Å². The topological polar surface area (TPSA) is 103 Å². The van der Waals surface area contributed by atoms with Gasteiger partial charge in [0.15, 0.2) is 17.2 Å². The van der Waals surface area contributed by atoms with Crippen molar-refractivity contribution in [2.45, 2.75) is 13.3 Å². The third-order valence-corrected chi connectivity index (χ3v) is 4.75. The first kappa shape index (κ1) is 16.9. The number of carbonyl (C=O) groups is 1. The van der Waals surface area contributed by atoms with E-state index in [2.05, 4.69) is 26.1 Å². The Balaban J connectivity index is 1.55. The molecule has 9 nitrogen and oxygen atoms in total. The molecule has 0 aliphatic carbocycles. The number of fused-ring (bicyclic) bond motifs is 1. The molecule has 1 saturated heterocycles. The van der Waals surface area contributed by atoms with E-state index in [1.165, 1.54) is 6.20 Å². The van der Waals surface area contributed by atoms with Gasteiger partial charge in [0.1, 0.15) is 6.07 Å². The van der Waals surface area contributed by atoms with Crippen LogP contribution in [0.25, 0.3) is 5.65 Å². The van der Waals surface area contributed by atoms with Crippen molar-refractivity contribution in [1.82, 2.24) is 29.5 Å². The van der Waals surface area contributed by atoms with Gasteiger partial charge in [-0.1, -0.05) is 0 Å². The maximum Gasteiger partial charge on any atom is 0.257 e. The highest BCUT2D eigenvalue weighted by molar-refractivity contribution is 5.95. The lowest BCUT2D eigenvalue weighted by Crippen LogP contribution is -2.36. The van der Waals surface area contributed by atoms with Crippen molar-refractivity contribution in [2.75, 3.05) is 31.1 Å². The summed E-state index contributed by atoms with van der Waals surface area (Å²) in [6.45, 7) is 4.35.